The molecule has 0 aliphatic heterocycles. The topological polar surface area (TPSA) is 77.8 Å². The van der Waals surface area contributed by atoms with Crippen LogP contribution in [0.2, 0.25) is 5.02 Å². The number of thioether (sulfide) groups is 1. The van der Waals surface area contributed by atoms with Crippen LogP contribution in [0.15, 0.2) is 48.1 Å². The lowest BCUT2D eigenvalue weighted by Crippen LogP contribution is -2.68. The van der Waals surface area contributed by atoms with Gasteiger partial charge in [-0.25, -0.2) is 8.78 Å². The number of alkyl halides is 3. The number of hydrogen-bond donors (Lipinski definition) is 2. The van der Waals surface area contributed by atoms with Crippen LogP contribution >= 0.6 is 23.4 Å². The van der Waals surface area contributed by atoms with Gasteiger partial charge in [0.2, 0.25) is 0 Å². The summed E-state index contributed by atoms with van der Waals surface area (Å²) in [6.45, 7) is 2.72. The molecule has 0 aromatic heterocycles. The van der Waals surface area contributed by atoms with E-state index in [1.165, 1.54) is 19.1 Å². The van der Waals surface area contributed by atoms with E-state index in [0.717, 1.165) is 22.9 Å². The maximum atomic E-state index is 17.4. The first-order valence-corrected chi connectivity index (χ1v) is 14.6. The van der Waals surface area contributed by atoms with Crippen molar-refractivity contribution < 1.29 is 33.1 Å². The smallest absolute Gasteiger partial charge is 0.193 e. The number of halogens is 4. The highest BCUT2D eigenvalue weighted by atomic mass is 35.5. The van der Waals surface area contributed by atoms with Crippen LogP contribution in [-0.4, -0.2) is 58.1 Å². The van der Waals surface area contributed by atoms with Crippen LogP contribution in [0.25, 0.3) is 0 Å². The molecule has 9 atom stereocenters. The second-order valence-corrected chi connectivity index (χ2v) is 13.4. The predicted octanol–water partition coefficient (Wildman–Crippen LogP) is 5.93. The molecule has 0 radical (unpaired) electrons. The lowest BCUT2D eigenvalue weighted by Gasteiger charge is -2.62. The zero-order chi connectivity index (χ0) is 28.3. The van der Waals surface area contributed by atoms with Crippen LogP contribution in [-0.2, 0) is 9.59 Å². The van der Waals surface area contributed by atoms with Gasteiger partial charge in [0.1, 0.15) is 6.17 Å². The summed E-state index contributed by atoms with van der Waals surface area (Å²) in [6.07, 6.45) is 0.708. The number of hydroxylamine groups is 1. The summed E-state index contributed by atoms with van der Waals surface area (Å²) in [5.41, 5.74) is -4.18. The van der Waals surface area contributed by atoms with Gasteiger partial charge in [0.15, 0.2) is 16.6 Å². The van der Waals surface area contributed by atoms with Gasteiger partial charge in [0, 0.05) is 34.6 Å². The van der Waals surface area contributed by atoms with Gasteiger partial charge in [-0.3, -0.25) is 24.2 Å². The van der Waals surface area contributed by atoms with Crippen molar-refractivity contribution in [1.82, 2.24) is 0 Å². The highest BCUT2D eigenvalue weighted by Crippen LogP contribution is 2.70. The molecule has 1 aromatic rings. The third-order valence-corrected chi connectivity index (χ3v) is 11.1. The standard InChI is InChI=1S/C29H33ClF3NO4S/c1-27-14-24(36)29(33)21(13-23(32)22-12-19(35)7-8-28(22,29)2)20(27)11-16(25(27)26(37)39-10-9-31)15-34(38)18-5-3-17(30)4-6-18/h3-8,12,16,20-21,23-25,36,38H,9-11,13-15H2,1-2H3/t16-,20-,21-,23-,24-,25+,27-,28-,29-/m0/s1. The second kappa shape index (κ2) is 10.2. The van der Waals surface area contributed by atoms with Crippen molar-refractivity contribution in [2.24, 2.45) is 34.5 Å². The molecular weight excluding hydrogens is 551 g/mol. The number of nitrogens with zero attached hydrogens (tertiary/aromatic N) is 1. The Morgan fingerprint density at radius 1 is 1.21 bits per heavy atom. The molecule has 2 N–H and O–H groups in total. The molecular formula is C29H33ClF3NO4S. The number of allylic oxidation sites excluding steroid dienone is 4. The Bertz CT molecular complexity index is 1210. The fourth-order valence-electron chi connectivity index (χ4n) is 8.20. The first-order valence-electron chi connectivity index (χ1n) is 13.3. The molecule has 0 bridgehead atoms. The SMILES string of the molecule is C[C@]12C[C@H](O)[C@@]3(F)[C@@H](C[C@H](F)C4=CC(=O)C=C[C@@]43C)[C@@H]1C[C@@H](CN(O)c1ccc(Cl)cc1)[C@@H]2C(=O)SCCF. The molecule has 0 saturated heterocycles. The number of rotatable bonds is 6. The largest absolute Gasteiger partial charge is 0.390 e. The van der Waals surface area contributed by atoms with E-state index in [4.69, 9.17) is 11.6 Å². The average molecular weight is 584 g/mol. The van der Waals surface area contributed by atoms with Crippen molar-refractivity contribution in [3.63, 3.8) is 0 Å². The lowest BCUT2D eigenvalue weighted by atomic mass is 9.45. The highest BCUT2D eigenvalue weighted by molar-refractivity contribution is 8.13. The van der Waals surface area contributed by atoms with Crippen LogP contribution in [0, 0.1) is 34.5 Å². The number of aliphatic hydroxyl groups is 1. The van der Waals surface area contributed by atoms with Crippen molar-refractivity contribution in [2.75, 3.05) is 24.0 Å². The van der Waals surface area contributed by atoms with E-state index >= 15 is 8.78 Å². The van der Waals surface area contributed by atoms with Gasteiger partial charge in [-0.2, -0.15) is 0 Å². The van der Waals surface area contributed by atoms with E-state index < -0.39 is 64.9 Å². The Kier molecular flexibility index (Phi) is 7.53. The molecule has 4 aliphatic carbocycles. The van der Waals surface area contributed by atoms with Gasteiger partial charge in [0.25, 0.3) is 0 Å². The van der Waals surface area contributed by atoms with Gasteiger partial charge in [-0.1, -0.05) is 36.4 Å². The average Bonchev–Trinajstić information content (AvgIpc) is 3.17. The fraction of sp³-hybridized carbons (Fsp3) is 0.586. The van der Waals surface area contributed by atoms with Crippen LogP contribution in [0.4, 0.5) is 18.9 Å². The molecule has 212 valence electrons. The third-order valence-electron chi connectivity index (χ3n) is 9.91. The molecule has 39 heavy (non-hydrogen) atoms. The number of fused-ring (bicyclic) bond motifs is 5. The van der Waals surface area contributed by atoms with Gasteiger partial charge in [0.05, 0.1) is 18.5 Å². The van der Waals surface area contributed by atoms with Crippen LogP contribution in [0.3, 0.4) is 0 Å². The molecule has 3 fully saturated rings. The Balaban J connectivity index is 1.54. The highest BCUT2D eigenvalue weighted by Gasteiger charge is 2.73. The maximum Gasteiger partial charge on any atom is 0.193 e. The van der Waals surface area contributed by atoms with E-state index in [1.54, 1.807) is 24.3 Å². The van der Waals surface area contributed by atoms with E-state index in [1.807, 2.05) is 6.92 Å². The number of ketones is 1. The Labute approximate surface area is 235 Å². The molecule has 0 spiro atoms. The zero-order valence-electron chi connectivity index (χ0n) is 21.8. The van der Waals surface area contributed by atoms with Crippen molar-refractivity contribution >= 4 is 39.9 Å². The molecule has 3 saturated carbocycles. The first-order chi connectivity index (χ1) is 18.4. The van der Waals surface area contributed by atoms with Gasteiger partial charge in [-0.15, -0.1) is 0 Å². The molecule has 0 heterocycles. The summed E-state index contributed by atoms with van der Waals surface area (Å²) < 4.78 is 46.2. The van der Waals surface area contributed by atoms with Crippen molar-refractivity contribution in [3.05, 3.63) is 53.1 Å². The molecule has 4 aliphatic rings. The number of anilines is 1. The van der Waals surface area contributed by atoms with E-state index in [-0.39, 0.29) is 35.8 Å². The number of carbonyl (C=O) groups excluding carboxylic acids is 2. The van der Waals surface area contributed by atoms with Gasteiger partial charge in [-0.05, 0) is 85.4 Å². The van der Waals surface area contributed by atoms with Crippen LogP contribution < -0.4 is 5.06 Å². The quantitative estimate of drug-likeness (QED) is 0.405. The van der Waals surface area contributed by atoms with E-state index in [2.05, 4.69) is 0 Å². The van der Waals surface area contributed by atoms with Crippen LogP contribution in [0.1, 0.15) is 33.1 Å². The minimum absolute atomic E-state index is 0.0283. The monoisotopic (exact) mass is 583 g/mol. The molecule has 5 nitrogen and oxygen atoms in total. The van der Waals surface area contributed by atoms with E-state index in [0.29, 0.717) is 17.1 Å². The van der Waals surface area contributed by atoms with Crippen molar-refractivity contribution in [3.8, 4) is 0 Å². The number of aliphatic hydroxyl groups excluding tert-OH is 1. The molecule has 1 aromatic carbocycles. The van der Waals surface area contributed by atoms with E-state index in [9.17, 15) is 24.3 Å². The van der Waals surface area contributed by atoms with Crippen molar-refractivity contribution in [1.29, 1.82) is 0 Å². The normalized spacial score (nSPS) is 40.9. The fourth-order valence-corrected chi connectivity index (χ4v) is 9.24. The summed E-state index contributed by atoms with van der Waals surface area (Å²) >= 11 is 6.84. The van der Waals surface area contributed by atoms with Crippen molar-refractivity contribution in [2.45, 2.75) is 51.1 Å². The Hall–Kier alpha value is -1.81. The summed E-state index contributed by atoms with van der Waals surface area (Å²) in [6, 6.07) is 6.52. The summed E-state index contributed by atoms with van der Waals surface area (Å²) in [5.74, 6) is -3.04. The van der Waals surface area contributed by atoms with Gasteiger partial charge >= 0.3 is 0 Å². The Morgan fingerprint density at radius 2 is 1.90 bits per heavy atom. The molecule has 0 amide bonds. The minimum Gasteiger partial charge on any atom is -0.390 e. The first kappa shape index (κ1) is 28.7. The predicted molar refractivity (Wildman–Crippen MR) is 145 cm³/mol. The number of benzene rings is 1. The molecule has 5 rings (SSSR count). The maximum absolute atomic E-state index is 17.4. The second-order valence-electron chi connectivity index (χ2n) is 11.8. The van der Waals surface area contributed by atoms with Crippen LogP contribution in [0.5, 0.6) is 0 Å². The molecule has 10 heteroatoms. The van der Waals surface area contributed by atoms with Gasteiger partial charge < -0.3 is 5.11 Å². The number of hydrogen-bond acceptors (Lipinski definition) is 6. The lowest BCUT2D eigenvalue weighted by molar-refractivity contribution is -0.201. The third kappa shape index (κ3) is 4.39. The summed E-state index contributed by atoms with van der Waals surface area (Å²) in [7, 11) is 0. The molecule has 0 unspecified atom stereocenters. The Morgan fingerprint density at radius 3 is 2.56 bits per heavy atom. The minimum atomic E-state index is -2.26. The zero-order valence-corrected chi connectivity index (χ0v) is 23.4. The summed E-state index contributed by atoms with van der Waals surface area (Å²) in [5, 5.41) is 23.7. The summed E-state index contributed by atoms with van der Waals surface area (Å²) in [4.78, 5) is 25.6. The number of carbonyl (C=O) groups is 2.